The summed E-state index contributed by atoms with van der Waals surface area (Å²) in [4.78, 5) is 11.1. The van der Waals surface area contributed by atoms with Crippen molar-refractivity contribution in [1.29, 1.82) is 0 Å². The Morgan fingerprint density at radius 3 is 2.54 bits per heavy atom. The second-order valence-corrected chi connectivity index (χ2v) is 3.33. The summed E-state index contributed by atoms with van der Waals surface area (Å²) >= 11 is 0. The van der Waals surface area contributed by atoms with Crippen molar-refractivity contribution >= 4 is 5.78 Å². The molecule has 1 nitrogen and oxygen atoms in total. The standard InChI is InChI=1S/C12H20O/c1-4-6-7-8-10-12(9-5-2)11(3)13/h5,7-8,12H,2,4,6,9-10H2,1,3H3. The molecule has 0 aliphatic carbocycles. The van der Waals surface area contributed by atoms with Gasteiger partial charge in [0.05, 0.1) is 0 Å². The lowest BCUT2D eigenvalue weighted by atomic mass is 9.97. The fourth-order valence-electron chi connectivity index (χ4n) is 1.17. The lowest BCUT2D eigenvalue weighted by molar-refractivity contribution is -0.120. The lowest BCUT2D eigenvalue weighted by Crippen LogP contribution is -2.08. The molecule has 0 aromatic rings. The van der Waals surface area contributed by atoms with Crippen LogP contribution in [-0.2, 0) is 4.79 Å². The third-order valence-electron chi connectivity index (χ3n) is 2.07. The summed E-state index contributed by atoms with van der Waals surface area (Å²) in [6.45, 7) is 7.45. The van der Waals surface area contributed by atoms with Gasteiger partial charge >= 0.3 is 0 Å². The molecule has 0 aliphatic rings. The van der Waals surface area contributed by atoms with Gasteiger partial charge in [0.25, 0.3) is 0 Å². The van der Waals surface area contributed by atoms with Crippen LogP contribution < -0.4 is 0 Å². The molecule has 0 spiro atoms. The number of allylic oxidation sites excluding steroid dienone is 3. The minimum Gasteiger partial charge on any atom is -0.300 e. The van der Waals surface area contributed by atoms with Crippen molar-refractivity contribution in [2.24, 2.45) is 5.92 Å². The van der Waals surface area contributed by atoms with E-state index in [1.54, 1.807) is 6.92 Å². The molecular formula is C12H20O. The summed E-state index contributed by atoms with van der Waals surface area (Å²) in [5.41, 5.74) is 0. The Hall–Kier alpha value is -0.850. The number of ketones is 1. The van der Waals surface area contributed by atoms with E-state index in [2.05, 4.69) is 25.7 Å². The highest BCUT2D eigenvalue weighted by Gasteiger charge is 2.09. The number of hydrogen-bond donors (Lipinski definition) is 0. The second-order valence-electron chi connectivity index (χ2n) is 3.33. The predicted molar refractivity (Wildman–Crippen MR) is 57.7 cm³/mol. The normalized spacial score (nSPS) is 13.1. The number of Topliss-reactive ketones (excluding diaryl/α,β-unsaturated/α-hetero) is 1. The first-order chi connectivity index (χ1) is 6.22. The van der Waals surface area contributed by atoms with E-state index < -0.39 is 0 Å². The van der Waals surface area contributed by atoms with Crippen LogP contribution in [0, 0.1) is 5.92 Å². The molecule has 13 heavy (non-hydrogen) atoms. The zero-order chi connectivity index (χ0) is 10.1. The SMILES string of the molecule is C=CCC(CC=CCCC)C(C)=O. The van der Waals surface area contributed by atoms with E-state index in [1.807, 2.05) is 6.08 Å². The molecule has 0 radical (unpaired) electrons. The van der Waals surface area contributed by atoms with Gasteiger partial charge in [-0.1, -0.05) is 31.6 Å². The molecule has 1 heteroatoms. The van der Waals surface area contributed by atoms with Gasteiger partial charge in [0, 0.05) is 5.92 Å². The van der Waals surface area contributed by atoms with Crippen molar-refractivity contribution in [3.05, 3.63) is 24.8 Å². The molecule has 0 saturated heterocycles. The molecule has 0 fully saturated rings. The van der Waals surface area contributed by atoms with E-state index in [1.165, 1.54) is 6.42 Å². The first-order valence-corrected chi connectivity index (χ1v) is 4.98. The maximum atomic E-state index is 11.1. The topological polar surface area (TPSA) is 17.1 Å². The van der Waals surface area contributed by atoms with E-state index in [0.29, 0.717) is 0 Å². The highest BCUT2D eigenvalue weighted by Crippen LogP contribution is 2.11. The average Bonchev–Trinajstić information content (AvgIpc) is 2.10. The molecule has 0 aromatic carbocycles. The maximum absolute atomic E-state index is 11.1. The Balaban J connectivity index is 3.81. The third kappa shape index (κ3) is 6.32. The van der Waals surface area contributed by atoms with Crippen LogP contribution in [0.4, 0.5) is 0 Å². The van der Waals surface area contributed by atoms with Gasteiger partial charge in [-0.25, -0.2) is 0 Å². The molecule has 0 amide bonds. The second kappa shape index (κ2) is 7.78. The third-order valence-corrected chi connectivity index (χ3v) is 2.07. The lowest BCUT2D eigenvalue weighted by Gasteiger charge is -2.07. The number of hydrogen-bond acceptors (Lipinski definition) is 1. The molecule has 0 N–H and O–H groups in total. The van der Waals surface area contributed by atoms with Crippen LogP contribution in [0.2, 0.25) is 0 Å². The summed E-state index contributed by atoms with van der Waals surface area (Å²) in [6.07, 6.45) is 10.0. The predicted octanol–water partition coefficient (Wildman–Crippen LogP) is 3.51. The zero-order valence-corrected chi connectivity index (χ0v) is 8.75. The Morgan fingerprint density at radius 2 is 2.08 bits per heavy atom. The molecule has 1 atom stereocenters. The van der Waals surface area contributed by atoms with Crippen molar-refractivity contribution in [2.45, 2.75) is 39.5 Å². The summed E-state index contributed by atoms with van der Waals surface area (Å²) < 4.78 is 0. The minimum atomic E-state index is 0.144. The number of unbranched alkanes of at least 4 members (excludes halogenated alkanes) is 1. The molecule has 0 saturated carbocycles. The van der Waals surface area contributed by atoms with Crippen LogP contribution in [0.25, 0.3) is 0 Å². The van der Waals surface area contributed by atoms with Crippen LogP contribution in [0.15, 0.2) is 24.8 Å². The number of rotatable bonds is 7. The summed E-state index contributed by atoms with van der Waals surface area (Å²) in [7, 11) is 0. The molecule has 0 bridgehead atoms. The van der Waals surface area contributed by atoms with Gasteiger partial charge in [0.15, 0.2) is 0 Å². The average molecular weight is 180 g/mol. The molecule has 0 aliphatic heterocycles. The highest BCUT2D eigenvalue weighted by atomic mass is 16.1. The quantitative estimate of drug-likeness (QED) is 0.548. The van der Waals surface area contributed by atoms with Gasteiger partial charge in [-0.15, -0.1) is 6.58 Å². The Bertz CT molecular complexity index is 180. The zero-order valence-electron chi connectivity index (χ0n) is 8.75. The summed E-state index contributed by atoms with van der Waals surface area (Å²) in [6, 6.07) is 0. The van der Waals surface area contributed by atoms with Crippen LogP contribution in [0.5, 0.6) is 0 Å². The van der Waals surface area contributed by atoms with Crippen molar-refractivity contribution in [3.8, 4) is 0 Å². The first-order valence-electron chi connectivity index (χ1n) is 4.98. The van der Waals surface area contributed by atoms with Gasteiger partial charge in [-0.2, -0.15) is 0 Å². The van der Waals surface area contributed by atoms with E-state index in [-0.39, 0.29) is 11.7 Å². The first kappa shape index (κ1) is 12.2. The molecule has 0 rings (SSSR count). The Kier molecular flexibility index (Phi) is 7.27. The van der Waals surface area contributed by atoms with Crippen molar-refractivity contribution in [3.63, 3.8) is 0 Å². The molecular weight excluding hydrogens is 160 g/mol. The minimum absolute atomic E-state index is 0.144. The fourth-order valence-corrected chi connectivity index (χ4v) is 1.17. The highest BCUT2D eigenvalue weighted by molar-refractivity contribution is 5.78. The van der Waals surface area contributed by atoms with Crippen LogP contribution in [0.1, 0.15) is 39.5 Å². The summed E-state index contributed by atoms with van der Waals surface area (Å²) in [5.74, 6) is 0.409. The molecule has 74 valence electrons. The molecule has 1 unspecified atom stereocenters. The van der Waals surface area contributed by atoms with Gasteiger partial charge in [-0.3, -0.25) is 4.79 Å². The van der Waals surface area contributed by atoms with Crippen molar-refractivity contribution in [2.75, 3.05) is 0 Å². The van der Waals surface area contributed by atoms with Crippen molar-refractivity contribution in [1.82, 2.24) is 0 Å². The number of carbonyl (C=O) groups excluding carboxylic acids is 1. The Labute approximate surface area is 81.5 Å². The van der Waals surface area contributed by atoms with Gasteiger partial charge in [0.1, 0.15) is 5.78 Å². The van der Waals surface area contributed by atoms with Crippen LogP contribution >= 0.6 is 0 Å². The smallest absolute Gasteiger partial charge is 0.133 e. The van der Waals surface area contributed by atoms with E-state index in [9.17, 15) is 4.79 Å². The maximum Gasteiger partial charge on any atom is 0.133 e. The van der Waals surface area contributed by atoms with E-state index in [0.717, 1.165) is 19.3 Å². The van der Waals surface area contributed by atoms with E-state index in [4.69, 9.17) is 0 Å². The largest absolute Gasteiger partial charge is 0.300 e. The van der Waals surface area contributed by atoms with Gasteiger partial charge in [0.2, 0.25) is 0 Å². The molecule has 0 aromatic heterocycles. The van der Waals surface area contributed by atoms with Crippen molar-refractivity contribution < 1.29 is 4.79 Å². The summed E-state index contributed by atoms with van der Waals surface area (Å²) in [5, 5.41) is 0. The number of carbonyl (C=O) groups is 1. The van der Waals surface area contributed by atoms with Gasteiger partial charge < -0.3 is 0 Å². The fraction of sp³-hybridized carbons (Fsp3) is 0.583. The van der Waals surface area contributed by atoms with Crippen LogP contribution in [-0.4, -0.2) is 5.78 Å². The van der Waals surface area contributed by atoms with E-state index >= 15 is 0 Å². The monoisotopic (exact) mass is 180 g/mol. The van der Waals surface area contributed by atoms with Crippen LogP contribution in [0.3, 0.4) is 0 Å². The molecule has 0 heterocycles. The van der Waals surface area contributed by atoms with Gasteiger partial charge in [-0.05, 0) is 26.2 Å². The Morgan fingerprint density at radius 1 is 1.38 bits per heavy atom.